The van der Waals surface area contributed by atoms with Gasteiger partial charge in [-0.15, -0.1) is 0 Å². The molecule has 4 nitrogen and oxygen atoms in total. The molecule has 0 saturated carbocycles. The van der Waals surface area contributed by atoms with Crippen LogP contribution in [-0.2, 0) is 11.3 Å². The van der Waals surface area contributed by atoms with Crippen LogP contribution in [-0.4, -0.2) is 18.6 Å². The molecule has 0 radical (unpaired) electrons. The normalized spacial score (nSPS) is 19.9. The van der Waals surface area contributed by atoms with Crippen LogP contribution in [0, 0.1) is 0 Å². The molecule has 1 aliphatic heterocycles. The summed E-state index contributed by atoms with van der Waals surface area (Å²) in [6.07, 6.45) is 0. The van der Waals surface area contributed by atoms with E-state index in [0.717, 1.165) is 16.5 Å². The van der Waals surface area contributed by atoms with Crippen LogP contribution < -0.4 is 10.9 Å². The lowest BCUT2D eigenvalue weighted by Crippen LogP contribution is -2.29. The van der Waals surface area contributed by atoms with Crippen molar-refractivity contribution in [1.82, 2.24) is 10.3 Å². The van der Waals surface area contributed by atoms with E-state index in [0.29, 0.717) is 13.2 Å². The molecule has 3 heterocycles. The Morgan fingerprint density at radius 2 is 2.31 bits per heavy atom. The molecule has 1 aliphatic rings. The molecule has 2 N–H and O–H groups in total. The van der Waals surface area contributed by atoms with Crippen molar-refractivity contribution in [1.29, 1.82) is 0 Å². The summed E-state index contributed by atoms with van der Waals surface area (Å²) >= 11 is 1.56. The molecule has 1 unspecified atom stereocenters. The first-order chi connectivity index (χ1) is 7.81. The molecule has 0 bridgehead atoms. The van der Waals surface area contributed by atoms with Gasteiger partial charge in [-0.1, -0.05) is 0 Å². The minimum atomic E-state index is -0.0182. The lowest BCUT2D eigenvalue weighted by atomic mass is 9.99. The fraction of sp³-hybridized carbons (Fsp3) is 0.364. The molecule has 0 aliphatic carbocycles. The zero-order valence-corrected chi connectivity index (χ0v) is 9.69. The highest BCUT2D eigenvalue weighted by molar-refractivity contribution is 7.09. The van der Waals surface area contributed by atoms with E-state index in [1.54, 1.807) is 11.3 Å². The van der Waals surface area contributed by atoms with Crippen LogP contribution in [0.1, 0.15) is 17.3 Å². The van der Waals surface area contributed by atoms with Crippen LogP contribution in [0.5, 0.6) is 0 Å². The summed E-state index contributed by atoms with van der Waals surface area (Å²) < 4.78 is 5.45. The van der Waals surface area contributed by atoms with Gasteiger partial charge in [0.1, 0.15) is 0 Å². The summed E-state index contributed by atoms with van der Waals surface area (Å²) in [7, 11) is 1.91. The minimum absolute atomic E-state index is 0.0182. The average Bonchev–Trinajstić information content (AvgIpc) is 2.77. The van der Waals surface area contributed by atoms with E-state index >= 15 is 0 Å². The number of pyridine rings is 1. The van der Waals surface area contributed by atoms with Crippen molar-refractivity contribution >= 4 is 22.1 Å². The van der Waals surface area contributed by atoms with Crippen LogP contribution in [0.25, 0.3) is 10.8 Å². The number of hydrogen-bond donors (Lipinski definition) is 2. The van der Waals surface area contributed by atoms with Gasteiger partial charge in [-0.25, -0.2) is 0 Å². The average molecular weight is 236 g/mol. The lowest BCUT2D eigenvalue weighted by Gasteiger charge is -2.25. The second-order valence-corrected chi connectivity index (χ2v) is 4.65. The number of H-pyrrole nitrogens is 1. The van der Waals surface area contributed by atoms with Gasteiger partial charge in [0, 0.05) is 22.0 Å². The second kappa shape index (κ2) is 3.69. The molecule has 1 atom stereocenters. The molecule has 0 amide bonds. The maximum absolute atomic E-state index is 11.8. The fourth-order valence-electron chi connectivity index (χ4n) is 2.22. The van der Waals surface area contributed by atoms with Crippen molar-refractivity contribution < 1.29 is 4.74 Å². The van der Waals surface area contributed by atoms with E-state index in [-0.39, 0.29) is 11.6 Å². The quantitative estimate of drug-likeness (QED) is 0.786. The summed E-state index contributed by atoms with van der Waals surface area (Å²) in [5.74, 6) is 0. The van der Waals surface area contributed by atoms with Gasteiger partial charge >= 0.3 is 0 Å². The number of aromatic amines is 1. The first kappa shape index (κ1) is 10.0. The van der Waals surface area contributed by atoms with E-state index in [2.05, 4.69) is 10.3 Å². The molecule has 3 rings (SSSR count). The SMILES string of the molecule is CNC1COCc2[nH]c(=O)c3cscc3c21. The van der Waals surface area contributed by atoms with Gasteiger partial charge in [0.2, 0.25) is 0 Å². The Balaban J connectivity index is 2.37. The second-order valence-electron chi connectivity index (χ2n) is 3.90. The molecule has 2 aromatic heterocycles. The first-order valence-electron chi connectivity index (χ1n) is 5.17. The maximum Gasteiger partial charge on any atom is 0.256 e. The van der Waals surface area contributed by atoms with E-state index in [9.17, 15) is 4.79 Å². The maximum atomic E-state index is 11.8. The molecular formula is C11H12N2O2S. The molecule has 0 spiro atoms. The van der Waals surface area contributed by atoms with Gasteiger partial charge in [0.05, 0.1) is 24.6 Å². The zero-order chi connectivity index (χ0) is 11.1. The molecule has 5 heteroatoms. The smallest absolute Gasteiger partial charge is 0.256 e. The number of hydrogen-bond acceptors (Lipinski definition) is 4. The Morgan fingerprint density at radius 3 is 3.12 bits per heavy atom. The predicted molar refractivity (Wildman–Crippen MR) is 63.9 cm³/mol. The number of rotatable bonds is 1. The van der Waals surface area contributed by atoms with Crippen molar-refractivity contribution in [3.63, 3.8) is 0 Å². The van der Waals surface area contributed by atoms with Crippen LogP contribution in [0.3, 0.4) is 0 Å². The highest BCUT2D eigenvalue weighted by Gasteiger charge is 2.23. The van der Waals surface area contributed by atoms with Gasteiger partial charge in [-0.3, -0.25) is 4.79 Å². The summed E-state index contributed by atoms with van der Waals surface area (Å²) in [5, 5.41) is 9.00. The van der Waals surface area contributed by atoms with E-state index in [1.165, 1.54) is 5.56 Å². The molecule has 16 heavy (non-hydrogen) atoms. The molecule has 0 saturated heterocycles. The number of aromatic nitrogens is 1. The largest absolute Gasteiger partial charge is 0.373 e. The van der Waals surface area contributed by atoms with Crippen LogP contribution in [0.15, 0.2) is 15.6 Å². The molecule has 0 aromatic carbocycles. The standard InChI is InChI=1S/C11H12N2O2S/c1-12-8-2-15-3-9-10(8)6-4-16-5-7(6)11(14)13-9/h4-5,8,12H,2-3H2,1H3,(H,13,14). The minimum Gasteiger partial charge on any atom is -0.373 e. The number of fused-ring (bicyclic) bond motifs is 3. The lowest BCUT2D eigenvalue weighted by molar-refractivity contribution is 0.0819. The topological polar surface area (TPSA) is 54.1 Å². The number of thiophene rings is 1. The van der Waals surface area contributed by atoms with Crippen LogP contribution >= 0.6 is 11.3 Å². The van der Waals surface area contributed by atoms with Crippen molar-refractivity contribution in [2.24, 2.45) is 0 Å². The molecule has 2 aromatic rings. The third-order valence-electron chi connectivity index (χ3n) is 3.01. The van der Waals surface area contributed by atoms with Crippen molar-refractivity contribution in [3.05, 3.63) is 32.4 Å². The monoisotopic (exact) mass is 236 g/mol. The number of ether oxygens (including phenoxy) is 1. The van der Waals surface area contributed by atoms with Gasteiger partial charge in [-0.05, 0) is 12.4 Å². The predicted octanol–water partition coefficient (Wildman–Crippen LogP) is 1.38. The van der Waals surface area contributed by atoms with Crippen LogP contribution in [0.2, 0.25) is 0 Å². The van der Waals surface area contributed by atoms with Crippen molar-refractivity contribution in [2.75, 3.05) is 13.7 Å². The molecule has 0 fully saturated rings. The number of likely N-dealkylation sites (N-methyl/N-ethyl adjacent to an activating group) is 1. The van der Waals surface area contributed by atoms with E-state index in [1.807, 2.05) is 17.8 Å². The first-order valence-corrected chi connectivity index (χ1v) is 6.11. The third-order valence-corrected chi connectivity index (χ3v) is 3.76. The summed E-state index contributed by atoms with van der Waals surface area (Å²) in [5.41, 5.74) is 2.07. The van der Waals surface area contributed by atoms with Gasteiger partial charge in [0.25, 0.3) is 5.56 Å². The molecular weight excluding hydrogens is 224 g/mol. The Hall–Kier alpha value is -1.17. The Bertz CT molecular complexity index is 587. The summed E-state index contributed by atoms with van der Waals surface area (Å²) in [6.45, 7) is 1.15. The van der Waals surface area contributed by atoms with E-state index in [4.69, 9.17) is 4.74 Å². The fourth-order valence-corrected chi connectivity index (χ4v) is 3.05. The third kappa shape index (κ3) is 1.32. The van der Waals surface area contributed by atoms with Crippen molar-refractivity contribution in [2.45, 2.75) is 12.6 Å². The number of nitrogens with one attached hydrogen (secondary N) is 2. The van der Waals surface area contributed by atoms with Gasteiger partial charge in [0.15, 0.2) is 0 Å². The summed E-state index contributed by atoms with van der Waals surface area (Å²) in [6, 6.07) is 0.165. The van der Waals surface area contributed by atoms with E-state index < -0.39 is 0 Å². The Kier molecular flexibility index (Phi) is 2.31. The zero-order valence-electron chi connectivity index (χ0n) is 8.87. The highest BCUT2D eigenvalue weighted by Crippen LogP contribution is 2.30. The van der Waals surface area contributed by atoms with Crippen LogP contribution in [0.4, 0.5) is 0 Å². The van der Waals surface area contributed by atoms with Gasteiger partial charge in [-0.2, -0.15) is 11.3 Å². The van der Waals surface area contributed by atoms with Crippen molar-refractivity contribution in [3.8, 4) is 0 Å². The Morgan fingerprint density at radius 1 is 1.50 bits per heavy atom. The Labute approximate surface area is 96.3 Å². The molecule has 84 valence electrons. The highest BCUT2D eigenvalue weighted by atomic mass is 32.1. The summed E-state index contributed by atoms with van der Waals surface area (Å²) in [4.78, 5) is 14.7. The van der Waals surface area contributed by atoms with Gasteiger partial charge < -0.3 is 15.0 Å².